The molecule has 5 heteroatoms. The predicted molar refractivity (Wildman–Crippen MR) is 121 cm³/mol. The molecular weight excluding hydrogens is 388 g/mol. The van der Waals surface area contributed by atoms with Gasteiger partial charge in [0, 0.05) is 19.6 Å². The van der Waals surface area contributed by atoms with E-state index in [1.54, 1.807) is 12.0 Å². The van der Waals surface area contributed by atoms with E-state index >= 15 is 0 Å². The minimum atomic E-state index is -0.169. The van der Waals surface area contributed by atoms with Crippen LogP contribution in [0.25, 0.3) is 5.57 Å². The summed E-state index contributed by atoms with van der Waals surface area (Å²) in [5.74, 6) is 0.388. The Morgan fingerprint density at radius 3 is 2.16 bits per heavy atom. The molecule has 0 unspecified atom stereocenters. The first kappa shape index (κ1) is 21.2. The van der Waals surface area contributed by atoms with Crippen molar-refractivity contribution in [1.82, 2.24) is 9.80 Å². The predicted octanol–water partition coefficient (Wildman–Crippen LogP) is 4.63. The highest BCUT2D eigenvalue weighted by molar-refractivity contribution is 6.35. The van der Waals surface area contributed by atoms with Crippen LogP contribution in [-0.2, 0) is 16.1 Å². The first-order chi connectivity index (χ1) is 15.1. The van der Waals surface area contributed by atoms with Gasteiger partial charge < -0.3 is 9.64 Å². The number of carbonyl (C=O) groups is 2. The second kappa shape index (κ2) is 9.38. The summed E-state index contributed by atoms with van der Waals surface area (Å²) >= 11 is 0. The Labute approximate surface area is 184 Å². The van der Waals surface area contributed by atoms with E-state index in [2.05, 4.69) is 0 Å². The smallest absolute Gasteiger partial charge is 0.278 e. The zero-order valence-corrected chi connectivity index (χ0v) is 18.3. The molecule has 2 aromatic carbocycles. The number of nitrogens with zero attached hydrogens (tertiary/aromatic N) is 2. The summed E-state index contributed by atoms with van der Waals surface area (Å²) in [4.78, 5) is 30.8. The number of ether oxygens (including phenoxy) is 1. The van der Waals surface area contributed by atoms with Crippen molar-refractivity contribution in [3.05, 3.63) is 71.4 Å². The van der Waals surface area contributed by atoms with Gasteiger partial charge in [-0.3, -0.25) is 14.5 Å². The van der Waals surface area contributed by atoms with E-state index in [0.717, 1.165) is 42.6 Å². The molecule has 0 saturated heterocycles. The van der Waals surface area contributed by atoms with Crippen molar-refractivity contribution in [3.8, 4) is 5.75 Å². The monoisotopic (exact) mass is 418 g/mol. The molecule has 162 valence electrons. The molecule has 1 aliphatic carbocycles. The quantitative estimate of drug-likeness (QED) is 0.507. The molecule has 1 saturated carbocycles. The van der Waals surface area contributed by atoms with Crippen molar-refractivity contribution in [2.75, 3.05) is 14.2 Å². The molecule has 1 heterocycles. The lowest BCUT2D eigenvalue weighted by Gasteiger charge is -2.27. The average molecular weight is 419 g/mol. The summed E-state index contributed by atoms with van der Waals surface area (Å²) in [5, 5.41) is 0. The van der Waals surface area contributed by atoms with Crippen LogP contribution in [0.1, 0.15) is 49.7 Å². The fraction of sp³-hybridized carbons (Fsp3) is 0.385. The molecule has 1 fully saturated rings. The van der Waals surface area contributed by atoms with Crippen molar-refractivity contribution < 1.29 is 14.3 Å². The minimum Gasteiger partial charge on any atom is -0.497 e. The summed E-state index contributed by atoms with van der Waals surface area (Å²) in [6.07, 6.45) is 6.26. The van der Waals surface area contributed by atoms with Crippen molar-refractivity contribution in [2.24, 2.45) is 0 Å². The molecule has 1 aliphatic heterocycles. The Morgan fingerprint density at radius 2 is 1.55 bits per heavy atom. The van der Waals surface area contributed by atoms with Gasteiger partial charge in [0.25, 0.3) is 11.8 Å². The van der Waals surface area contributed by atoms with Crippen molar-refractivity contribution in [3.63, 3.8) is 0 Å². The SMILES string of the molecule is COc1ccc(C2=C(N(C)Cc3ccccc3)C(=O)N(C3CCCCCC3)C2=O)cc1. The highest BCUT2D eigenvalue weighted by atomic mass is 16.5. The summed E-state index contributed by atoms with van der Waals surface area (Å²) in [7, 11) is 3.51. The van der Waals surface area contributed by atoms with Crippen molar-refractivity contribution in [1.29, 1.82) is 0 Å². The normalized spacial score (nSPS) is 17.8. The van der Waals surface area contributed by atoms with Gasteiger partial charge in [0.1, 0.15) is 11.4 Å². The average Bonchev–Trinajstić information content (AvgIpc) is 2.94. The number of likely N-dealkylation sites (N-methyl/N-ethyl adjacent to an activating group) is 1. The zero-order chi connectivity index (χ0) is 21.8. The summed E-state index contributed by atoms with van der Waals surface area (Å²) < 4.78 is 5.27. The van der Waals surface area contributed by atoms with Crippen LogP contribution in [-0.4, -0.2) is 41.8 Å². The second-order valence-electron chi connectivity index (χ2n) is 8.42. The van der Waals surface area contributed by atoms with Crippen LogP contribution in [0, 0.1) is 0 Å². The van der Waals surface area contributed by atoms with Crippen LogP contribution in [0.2, 0.25) is 0 Å². The van der Waals surface area contributed by atoms with Gasteiger partial charge in [-0.15, -0.1) is 0 Å². The van der Waals surface area contributed by atoms with Gasteiger partial charge in [0.05, 0.1) is 12.7 Å². The van der Waals surface area contributed by atoms with Gasteiger partial charge in [-0.1, -0.05) is 68.1 Å². The number of benzene rings is 2. The lowest BCUT2D eigenvalue weighted by Crippen LogP contribution is -2.42. The summed E-state index contributed by atoms with van der Waals surface area (Å²) in [6, 6.07) is 17.4. The van der Waals surface area contributed by atoms with E-state index in [1.165, 1.54) is 12.8 Å². The van der Waals surface area contributed by atoms with Crippen molar-refractivity contribution in [2.45, 2.75) is 51.1 Å². The Hall–Kier alpha value is -3.08. The van der Waals surface area contributed by atoms with Gasteiger partial charge in [-0.05, 0) is 36.1 Å². The molecule has 0 spiro atoms. The third kappa shape index (κ3) is 4.36. The van der Waals surface area contributed by atoms with Gasteiger partial charge in [0.2, 0.25) is 0 Å². The third-order valence-electron chi connectivity index (χ3n) is 6.30. The summed E-state index contributed by atoms with van der Waals surface area (Å²) in [6.45, 7) is 0.563. The number of amides is 2. The second-order valence-corrected chi connectivity index (χ2v) is 8.42. The van der Waals surface area contributed by atoms with Crippen LogP contribution >= 0.6 is 0 Å². The van der Waals surface area contributed by atoms with E-state index < -0.39 is 0 Å². The van der Waals surface area contributed by atoms with Crippen LogP contribution < -0.4 is 4.74 Å². The maximum absolute atomic E-state index is 13.6. The highest BCUT2D eigenvalue weighted by Crippen LogP contribution is 2.36. The lowest BCUT2D eigenvalue weighted by atomic mass is 10.0. The van der Waals surface area contributed by atoms with E-state index in [9.17, 15) is 9.59 Å². The summed E-state index contributed by atoms with van der Waals surface area (Å²) in [5.41, 5.74) is 2.84. The lowest BCUT2D eigenvalue weighted by molar-refractivity contribution is -0.140. The molecule has 2 amide bonds. The molecule has 0 aromatic heterocycles. The largest absolute Gasteiger partial charge is 0.497 e. The number of imide groups is 1. The Balaban J connectivity index is 1.72. The van der Waals surface area contributed by atoms with Crippen LogP contribution in [0.15, 0.2) is 60.3 Å². The molecule has 2 aromatic rings. The molecule has 0 atom stereocenters. The standard InChI is InChI=1S/C26H30N2O3/c1-27(18-19-10-6-5-7-11-19)24-23(20-14-16-22(31-2)17-15-20)25(29)28(26(24)30)21-12-8-3-4-9-13-21/h5-7,10-11,14-17,21H,3-4,8-9,12-13,18H2,1-2H3. The number of methoxy groups -OCH3 is 1. The molecule has 31 heavy (non-hydrogen) atoms. The number of rotatable bonds is 6. The Bertz CT molecular complexity index is 958. The molecule has 5 nitrogen and oxygen atoms in total. The first-order valence-electron chi connectivity index (χ1n) is 11.1. The van der Waals surface area contributed by atoms with Crippen LogP contribution in [0.5, 0.6) is 5.75 Å². The third-order valence-corrected chi connectivity index (χ3v) is 6.30. The maximum atomic E-state index is 13.6. The van der Waals surface area contributed by atoms with E-state index in [4.69, 9.17) is 4.74 Å². The van der Waals surface area contributed by atoms with E-state index in [1.807, 2.05) is 66.5 Å². The molecule has 2 aliphatic rings. The Morgan fingerprint density at radius 1 is 0.903 bits per heavy atom. The van der Waals surface area contributed by atoms with E-state index in [0.29, 0.717) is 17.8 Å². The number of hydrogen-bond donors (Lipinski definition) is 0. The first-order valence-corrected chi connectivity index (χ1v) is 11.1. The molecular formula is C26H30N2O3. The van der Waals surface area contributed by atoms with E-state index in [-0.39, 0.29) is 17.9 Å². The topological polar surface area (TPSA) is 49.9 Å². The van der Waals surface area contributed by atoms with Crippen LogP contribution in [0.3, 0.4) is 0 Å². The van der Waals surface area contributed by atoms with Gasteiger partial charge in [0.15, 0.2) is 0 Å². The zero-order valence-electron chi connectivity index (χ0n) is 18.3. The number of hydrogen-bond acceptors (Lipinski definition) is 4. The van der Waals surface area contributed by atoms with Crippen molar-refractivity contribution >= 4 is 17.4 Å². The fourth-order valence-corrected chi connectivity index (χ4v) is 4.69. The van der Waals surface area contributed by atoms with Gasteiger partial charge >= 0.3 is 0 Å². The minimum absolute atomic E-state index is 0.0154. The Kier molecular flexibility index (Phi) is 6.40. The maximum Gasteiger partial charge on any atom is 0.278 e. The van der Waals surface area contributed by atoms with Crippen LogP contribution in [0.4, 0.5) is 0 Å². The molecule has 0 N–H and O–H groups in total. The highest BCUT2D eigenvalue weighted by Gasteiger charge is 2.44. The fourth-order valence-electron chi connectivity index (χ4n) is 4.69. The van der Waals surface area contributed by atoms with Gasteiger partial charge in [-0.25, -0.2) is 0 Å². The molecule has 4 rings (SSSR count). The molecule has 0 bridgehead atoms. The van der Waals surface area contributed by atoms with Gasteiger partial charge in [-0.2, -0.15) is 0 Å². The number of carbonyl (C=O) groups excluding carboxylic acids is 2. The molecule has 0 radical (unpaired) electrons.